The monoisotopic (exact) mass is 273 g/mol. The summed E-state index contributed by atoms with van der Waals surface area (Å²) in [4.78, 5) is 33.1. The zero-order valence-corrected chi connectivity index (χ0v) is 11.4. The molecule has 0 fully saturated rings. The zero-order chi connectivity index (χ0) is 14.7. The van der Waals surface area contributed by atoms with Crippen LogP contribution in [0.3, 0.4) is 0 Å². The van der Waals surface area contributed by atoms with E-state index in [2.05, 4.69) is 0 Å². The number of aliphatic carboxylic acids is 1. The van der Waals surface area contributed by atoms with E-state index in [9.17, 15) is 19.6 Å². The van der Waals surface area contributed by atoms with Gasteiger partial charge >= 0.3 is 5.97 Å². The number of hydroxylamine groups is 2. The van der Waals surface area contributed by atoms with Crippen LogP contribution in [-0.4, -0.2) is 33.2 Å². The van der Waals surface area contributed by atoms with Crippen molar-refractivity contribution in [3.63, 3.8) is 0 Å². The van der Waals surface area contributed by atoms with Crippen LogP contribution in [0, 0.1) is 0 Å². The molecule has 0 radical (unpaired) electrons. The van der Waals surface area contributed by atoms with Crippen LogP contribution < -0.4 is 0 Å². The molecule has 110 valence electrons. The number of carbonyl (C=O) groups excluding carboxylic acids is 2. The van der Waals surface area contributed by atoms with Gasteiger partial charge in [0.1, 0.15) is 0 Å². The molecule has 0 aromatic rings. The first-order valence-corrected chi connectivity index (χ1v) is 6.75. The number of hydrogen-bond acceptors (Lipinski definition) is 4. The second-order valence-electron chi connectivity index (χ2n) is 4.51. The minimum atomic E-state index is -0.860. The van der Waals surface area contributed by atoms with Crippen molar-refractivity contribution in [2.45, 2.75) is 64.7 Å². The normalized spacial score (nSPS) is 10.2. The fourth-order valence-corrected chi connectivity index (χ4v) is 1.61. The van der Waals surface area contributed by atoms with Crippen molar-refractivity contribution < 1.29 is 24.7 Å². The summed E-state index contributed by atoms with van der Waals surface area (Å²) in [5.74, 6) is -2.04. The number of hydrogen-bond donors (Lipinski definition) is 2. The summed E-state index contributed by atoms with van der Waals surface area (Å²) in [5.41, 5.74) is 0. The van der Waals surface area contributed by atoms with Gasteiger partial charge in [0.25, 0.3) is 11.8 Å². The maximum Gasteiger partial charge on any atom is 0.303 e. The molecule has 0 aliphatic heterocycles. The van der Waals surface area contributed by atoms with Crippen LogP contribution in [0.5, 0.6) is 0 Å². The molecule has 0 unspecified atom stereocenters. The maximum atomic E-state index is 11.5. The Morgan fingerprint density at radius 3 is 1.79 bits per heavy atom. The second kappa shape index (κ2) is 10.5. The lowest BCUT2D eigenvalue weighted by Gasteiger charge is -2.12. The highest BCUT2D eigenvalue weighted by atomic mass is 16.5. The van der Waals surface area contributed by atoms with E-state index in [-0.39, 0.29) is 24.3 Å². The molecule has 0 spiro atoms. The third kappa shape index (κ3) is 9.18. The predicted molar refractivity (Wildman–Crippen MR) is 68.5 cm³/mol. The Morgan fingerprint density at radius 2 is 1.32 bits per heavy atom. The van der Waals surface area contributed by atoms with Crippen molar-refractivity contribution in [2.75, 3.05) is 0 Å². The summed E-state index contributed by atoms with van der Waals surface area (Å²) in [6.45, 7) is 2.00. The van der Waals surface area contributed by atoms with E-state index in [1.807, 2.05) is 6.92 Å². The van der Waals surface area contributed by atoms with Gasteiger partial charge in [-0.1, -0.05) is 26.2 Å². The molecule has 0 aromatic carbocycles. The number of rotatable bonds is 10. The first kappa shape index (κ1) is 17.6. The van der Waals surface area contributed by atoms with Crippen LogP contribution >= 0.6 is 0 Å². The van der Waals surface area contributed by atoms with Crippen molar-refractivity contribution in [3.8, 4) is 0 Å². The SMILES string of the molecule is CCCCCC(=O)N(O)C(=O)CCCCCC(=O)O. The average molecular weight is 273 g/mol. The maximum absolute atomic E-state index is 11.5. The van der Waals surface area contributed by atoms with Gasteiger partial charge in [0, 0.05) is 19.3 Å². The van der Waals surface area contributed by atoms with Crippen LogP contribution in [0.4, 0.5) is 0 Å². The van der Waals surface area contributed by atoms with E-state index >= 15 is 0 Å². The predicted octanol–water partition coefficient (Wildman–Crippen LogP) is 2.35. The molecule has 0 aliphatic carbocycles. The van der Waals surface area contributed by atoms with E-state index in [1.54, 1.807) is 0 Å². The molecule has 0 bridgehead atoms. The zero-order valence-electron chi connectivity index (χ0n) is 11.4. The standard InChI is InChI=1S/C13H23NO5/c1-2-3-5-8-11(15)14(19)12(16)9-6-4-7-10-13(17)18/h19H,2-10H2,1H3,(H,17,18). The second-order valence-corrected chi connectivity index (χ2v) is 4.51. The van der Waals surface area contributed by atoms with Gasteiger partial charge < -0.3 is 5.11 Å². The molecule has 0 heterocycles. The Bertz CT molecular complexity index is 303. The number of nitrogens with zero attached hydrogens (tertiary/aromatic N) is 1. The van der Waals surface area contributed by atoms with Crippen molar-refractivity contribution >= 4 is 17.8 Å². The Labute approximate surface area is 113 Å². The molecular formula is C13H23NO5. The van der Waals surface area contributed by atoms with Crippen molar-refractivity contribution in [3.05, 3.63) is 0 Å². The fraction of sp³-hybridized carbons (Fsp3) is 0.769. The van der Waals surface area contributed by atoms with E-state index in [1.165, 1.54) is 0 Å². The lowest BCUT2D eigenvalue weighted by atomic mass is 10.1. The lowest BCUT2D eigenvalue weighted by molar-refractivity contribution is -0.179. The van der Waals surface area contributed by atoms with Gasteiger partial charge in [-0.05, 0) is 19.3 Å². The summed E-state index contributed by atoms with van der Waals surface area (Å²) in [6, 6.07) is 0. The largest absolute Gasteiger partial charge is 0.481 e. The van der Waals surface area contributed by atoms with Gasteiger partial charge in [0.2, 0.25) is 0 Å². The highest BCUT2D eigenvalue weighted by Crippen LogP contribution is 2.07. The molecule has 0 saturated carbocycles. The van der Waals surface area contributed by atoms with Gasteiger partial charge in [-0.15, -0.1) is 0 Å². The number of carboxylic acid groups (broad SMARTS) is 1. The van der Waals surface area contributed by atoms with Crippen LogP contribution in [0.2, 0.25) is 0 Å². The van der Waals surface area contributed by atoms with Gasteiger partial charge in [-0.25, -0.2) is 0 Å². The van der Waals surface area contributed by atoms with Gasteiger partial charge in [0.05, 0.1) is 0 Å². The lowest BCUT2D eigenvalue weighted by Crippen LogP contribution is -2.33. The van der Waals surface area contributed by atoms with E-state index in [0.717, 1.165) is 12.8 Å². The van der Waals surface area contributed by atoms with E-state index in [4.69, 9.17) is 5.11 Å². The molecule has 2 amide bonds. The average Bonchev–Trinajstić information content (AvgIpc) is 2.37. The molecule has 19 heavy (non-hydrogen) atoms. The highest BCUT2D eigenvalue weighted by Gasteiger charge is 2.18. The first-order chi connectivity index (χ1) is 8.99. The molecular weight excluding hydrogens is 250 g/mol. The third-order valence-corrected chi connectivity index (χ3v) is 2.75. The molecule has 0 saturated heterocycles. The number of carboxylic acids is 1. The van der Waals surface area contributed by atoms with Crippen LogP contribution in [0.1, 0.15) is 64.7 Å². The summed E-state index contributed by atoms with van der Waals surface area (Å²) in [5, 5.41) is 18.0. The minimum absolute atomic E-state index is 0.0651. The van der Waals surface area contributed by atoms with Crippen LogP contribution in [0.15, 0.2) is 0 Å². The van der Waals surface area contributed by atoms with Crippen molar-refractivity contribution in [1.82, 2.24) is 5.06 Å². The molecule has 0 atom stereocenters. The topological polar surface area (TPSA) is 94.9 Å². The number of amides is 2. The molecule has 0 aliphatic rings. The van der Waals surface area contributed by atoms with Crippen LogP contribution in [-0.2, 0) is 14.4 Å². The van der Waals surface area contributed by atoms with Crippen LogP contribution in [0.25, 0.3) is 0 Å². The summed E-state index contributed by atoms with van der Waals surface area (Å²) < 4.78 is 0. The van der Waals surface area contributed by atoms with Gasteiger partial charge in [-0.3, -0.25) is 19.6 Å². The highest BCUT2D eigenvalue weighted by molar-refractivity contribution is 5.93. The third-order valence-electron chi connectivity index (χ3n) is 2.75. The fourth-order valence-electron chi connectivity index (χ4n) is 1.61. The van der Waals surface area contributed by atoms with E-state index < -0.39 is 17.8 Å². The minimum Gasteiger partial charge on any atom is -0.481 e. The molecule has 0 aromatic heterocycles. The summed E-state index contributed by atoms with van der Waals surface area (Å²) in [6.07, 6.45) is 4.41. The number of carbonyl (C=O) groups is 3. The quantitative estimate of drug-likeness (QED) is 0.362. The molecule has 2 N–H and O–H groups in total. The Hall–Kier alpha value is -1.43. The van der Waals surface area contributed by atoms with Crippen molar-refractivity contribution in [1.29, 1.82) is 0 Å². The Kier molecular flexibility index (Phi) is 9.70. The molecule has 6 nitrogen and oxygen atoms in total. The van der Waals surface area contributed by atoms with Gasteiger partial charge in [-0.2, -0.15) is 5.06 Å². The van der Waals surface area contributed by atoms with Gasteiger partial charge in [0.15, 0.2) is 0 Å². The van der Waals surface area contributed by atoms with E-state index in [0.29, 0.717) is 25.7 Å². The molecule has 6 heteroatoms. The molecule has 0 rings (SSSR count). The Balaban J connectivity index is 3.74. The first-order valence-electron chi connectivity index (χ1n) is 6.75. The number of unbranched alkanes of at least 4 members (excludes halogenated alkanes) is 4. The smallest absolute Gasteiger partial charge is 0.303 e. The van der Waals surface area contributed by atoms with Crippen molar-refractivity contribution in [2.24, 2.45) is 0 Å². The Morgan fingerprint density at radius 1 is 0.842 bits per heavy atom. The summed E-state index contributed by atoms with van der Waals surface area (Å²) in [7, 11) is 0. The summed E-state index contributed by atoms with van der Waals surface area (Å²) >= 11 is 0. The number of imide groups is 1.